The van der Waals surface area contributed by atoms with E-state index in [-0.39, 0.29) is 5.56 Å². The summed E-state index contributed by atoms with van der Waals surface area (Å²) in [4.78, 5) is 21.4. The van der Waals surface area contributed by atoms with Gasteiger partial charge in [0, 0.05) is 6.20 Å². The monoisotopic (exact) mass is 334 g/mol. The van der Waals surface area contributed by atoms with E-state index in [1.165, 1.54) is 17.0 Å². The Hall–Kier alpha value is -1.95. The van der Waals surface area contributed by atoms with Crippen LogP contribution in [0, 0.1) is 0 Å². The van der Waals surface area contributed by atoms with E-state index in [2.05, 4.69) is 9.97 Å². The molecule has 0 bridgehead atoms. The molecule has 2 aromatic heterocycles. The maximum atomic E-state index is 12.9. The number of nitrogens with zero attached hydrogens (tertiary/aromatic N) is 3. The first kappa shape index (κ1) is 15.0. The standard InChI is InChI=1S/C15H12Cl2N4O/c1-8(18)14-20-12-4-2-3-11(17)13(12)15(22)21(14)10-5-9(16)6-19-7-10/h2-8H,18H2,1H3/t8-/m0/s1. The van der Waals surface area contributed by atoms with Crippen LogP contribution in [0.1, 0.15) is 18.8 Å². The fraction of sp³-hybridized carbons (Fsp3) is 0.133. The summed E-state index contributed by atoms with van der Waals surface area (Å²) in [5.41, 5.74) is 6.69. The average molecular weight is 335 g/mol. The number of aromatic nitrogens is 3. The Balaban J connectivity index is 2.46. The van der Waals surface area contributed by atoms with Crippen molar-refractivity contribution in [2.24, 2.45) is 5.73 Å². The molecule has 5 nitrogen and oxygen atoms in total. The molecule has 2 heterocycles. The first-order valence-corrected chi connectivity index (χ1v) is 7.32. The van der Waals surface area contributed by atoms with E-state index in [1.807, 2.05) is 0 Å². The first-order chi connectivity index (χ1) is 10.5. The molecular weight excluding hydrogens is 323 g/mol. The van der Waals surface area contributed by atoms with E-state index in [9.17, 15) is 4.79 Å². The zero-order chi connectivity index (χ0) is 15.9. The van der Waals surface area contributed by atoms with Crippen molar-refractivity contribution in [3.63, 3.8) is 0 Å². The Morgan fingerprint density at radius 3 is 2.73 bits per heavy atom. The maximum Gasteiger partial charge on any atom is 0.267 e. The number of hydrogen-bond donors (Lipinski definition) is 1. The number of pyridine rings is 1. The highest BCUT2D eigenvalue weighted by molar-refractivity contribution is 6.35. The van der Waals surface area contributed by atoms with Gasteiger partial charge in [0.25, 0.3) is 5.56 Å². The Kier molecular flexibility index (Phi) is 3.87. The first-order valence-electron chi connectivity index (χ1n) is 6.56. The molecule has 3 rings (SSSR count). The second-order valence-corrected chi connectivity index (χ2v) is 5.74. The van der Waals surface area contributed by atoms with Gasteiger partial charge in [-0.25, -0.2) is 4.98 Å². The largest absolute Gasteiger partial charge is 0.322 e. The van der Waals surface area contributed by atoms with Crippen molar-refractivity contribution >= 4 is 34.1 Å². The molecule has 3 aromatic rings. The Morgan fingerprint density at radius 2 is 2.05 bits per heavy atom. The molecule has 0 saturated carbocycles. The zero-order valence-electron chi connectivity index (χ0n) is 11.6. The molecule has 0 unspecified atom stereocenters. The third-order valence-corrected chi connectivity index (χ3v) is 3.75. The smallest absolute Gasteiger partial charge is 0.267 e. The van der Waals surface area contributed by atoms with Gasteiger partial charge in [0.15, 0.2) is 0 Å². The topological polar surface area (TPSA) is 73.8 Å². The van der Waals surface area contributed by atoms with Crippen LogP contribution in [0.15, 0.2) is 41.5 Å². The minimum atomic E-state index is -0.449. The van der Waals surface area contributed by atoms with Crippen LogP contribution in [0.25, 0.3) is 16.6 Å². The van der Waals surface area contributed by atoms with Crippen molar-refractivity contribution in [3.05, 3.63) is 62.9 Å². The number of rotatable bonds is 2. The van der Waals surface area contributed by atoms with E-state index >= 15 is 0 Å². The molecule has 0 aliphatic carbocycles. The van der Waals surface area contributed by atoms with Gasteiger partial charge in [-0.1, -0.05) is 29.3 Å². The molecule has 1 atom stereocenters. The van der Waals surface area contributed by atoms with Gasteiger partial charge in [-0.3, -0.25) is 14.3 Å². The predicted octanol–water partition coefficient (Wildman–Crippen LogP) is 3.11. The van der Waals surface area contributed by atoms with Crippen molar-refractivity contribution in [2.45, 2.75) is 13.0 Å². The summed E-state index contributed by atoms with van der Waals surface area (Å²) < 4.78 is 1.40. The van der Waals surface area contributed by atoms with Crippen LogP contribution in [0.4, 0.5) is 0 Å². The molecule has 0 radical (unpaired) electrons. The average Bonchev–Trinajstić information content (AvgIpc) is 2.46. The lowest BCUT2D eigenvalue weighted by atomic mass is 10.2. The van der Waals surface area contributed by atoms with E-state index in [1.54, 1.807) is 31.2 Å². The summed E-state index contributed by atoms with van der Waals surface area (Å²) in [6.07, 6.45) is 3.02. The van der Waals surface area contributed by atoms with E-state index < -0.39 is 6.04 Å². The van der Waals surface area contributed by atoms with Gasteiger partial charge in [0.1, 0.15) is 5.82 Å². The van der Waals surface area contributed by atoms with Gasteiger partial charge in [-0.15, -0.1) is 0 Å². The molecule has 0 aliphatic rings. The van der Waals surface area contributed by atoms with Crippen LogP contribution in [-0.2, 0) is 0 Å². The quantitative estimate of drug-likeness (QED) is 0.781. The molecule has 2 N–H and O–H groups in total. The Morgan fingerprint density at radius 1 is 1.27 bits per heavy atom. The van der Waals surface area contributed by atoms with E-state index in [0.29, 0.717) is 32.5 Å². The lowest BCUT2D eigenvalue weighted by Crippen LogP contribution is -2.27. The molecule has 112 valence electrons. The van der Waals surface area contributed by atoms with Crippen LogP contribution in [0.5, 0.6) is 0 Å². The van der Waals surface area contributed by atoms with E-state index in [4.69, 9.17) is 28.9 Å². The molecule has 22 heavy (non-hydrogen) atoms. The fourth-order valence-corrected chi connectivity index (χ4v) is 2.70. The summed E-state index contributed by atoms with van der Waals surface area (Å²) in [5, 5.41) is 1.10. The van der Waals surface area contributed by atoms with Crippen molar-refractivity contribution in [2.75, 3.05) is 0 Å². The van der Waals surface area contributed by atoms with Crippen LogP contribution in [0.3, 0.4) is 0 Å². The Labute approximate surface area is 136 Å². The van der Waals surface area contributed by atoms with Crippen LogP contribution < -0.4 is 11.3 Å². The number of halogens is 2. The normalized spacial score (nSPS) is 12.5. The Bertz CT molecular complexity index is 921. The minimum Gasteiger partial charge on any atom is -0.322 e. The second-order valence-electron chi connectivity index (χ2n) is 4.89. The maximum absolute atomic E-state index is 12.9. The van der Waals surface area contributed by atoms with Crippen LogP contribution >= 0.6 is 23.2 Å². The van der Waals surface area contributed by atoms with Crippen LogP contribution in [0.2, 0.25) is 10.0 Å². The fourth-order valence-electron chi connectivity index (χ4n) is 2.28. The van der Waals surface area contributed by atoms with Gasteiger partial charge in [0.2, 0.25) is 0 Å². The zero-order valence-corrected chi connectivity index (χ0v) is 13.1. The molecular formula is C15H12Cl2N4O. The van der Waals surface area contributed by atoms with Crippen molar-refractivity contribution in [3.8, 4) is 5.69 Å². The highest BCUT2D eigenvalue weighted by atomic mass is 35.5. The highest BCUT2D eigenvalue weighted by Gasteiger charge is 2.17. The lowest BCUT2D eigenvalue weighted by molar-refractivity contribution is 0.695. The lowest BCUT2D eigenvalue weighted by Gasteiger charge is -2.16. The predicted molar refractivity (Wildman–Crippen MR) is 87.8 cm³/mol. The second kappa shape index (κ2) is 5.68. The molecule has 7 heteroatoms. The summed E-state index contributed by atoms with van der Waals surface area (Å²) in [7, 11) is 0. The SMILES string of the molecule is C[C@H](N)c1nc2cccc(Cl)c2c(=O)n1-c1cncc(Cl)c1. The number of hydrogen-bond acceptors (Lipinski definition) is 4. The molecule has 0 saturated heterocycles. The van der Waals surface area contributed by atoms with Gasteiger partial charge in [0.05, 0.1) is 38.9 Å². The highest BCUT2D eigenvalue weighted by Crippen LogP contribution is 2.22. The third kappa shape index (κ3) is 2.47. The summed E-state index contributed by atoms with van der Waals surface area (Å²) in [6, 6.07) is 6.31. The summed E-state index contributed by atoms with van der Waals surface area (Å²) in [6.45, 7) is 1.76. The van der Waals surface area contributed by atoms with Gasteiger partial charge in [-0.2, -0.15) is 0 Å². The van der Waals surface area contributed by atoms with Gasteiger partial charge >= 0.3 is 0 Å². The molecule has 0 spiro atoms. The number of fused-ring (bicyclic) bond motifs is 1. The molecule has 0 fully saturated rings. The number of benzene rings is 1. The van der Waals surface area contributed by atoms with Crippen molar-refractivity contribution in [1.82, 2.24) is 14.5 Å². The molecule has 0 amide bonds. The summed E-state index contributed by atoms with van der Waals surface area (Å²) in [5.74, 6) is 0.420. The number of nitrogens with two attached hydrogens (primary N) is 1. The van der Waals surface area contributed by atoms with Crippen molar-refractivity contribution < 1.29 is 0 Å². The molecule has 1 aromatic carbocycles. The van der Waals surface area contributed by atoms with Crippen LogP contribution in [-0.4, -0.2) is 14.5 Å². The van der Waals surface area contributed by atoms with Gasteiger partial charge < -0.3 is 5.73 Å². The van der Waals surface area contributed by atoms with Gasteiger partial charge in [-0.05, 0) is 25.1 Å². The third-order valence-electron chi connectivity index (χ3n) is 3.23. The summed E-state index contributed by atoms with van der Waals surface area (Å²) >= 11 is 12.1. The molecule has 0 aliphatic heterocycles. The van der Waals surface area contributed by atoms with E-state index in [0.717, 1.165) is 0 Å². The van der Waals surface area contributed by atoms with Crippen molar-refractivity contribution in [1.29, 1.82) is 0 Å². The minimum absolute atomic E-state index is 0.299.